The predicted molar refractivity (Wildman–Crippen MR) is 95.9 cm³/mol. The van der Waals surface area contributed by atoms with Crippen LogP contribution in [0.4, 0.5) is 0 Å². The lowest BCUT2D eigenvalue weighted by atomic mass is 9.99. The fraction of sp³-hybridized carbons (Fsp3) is 0.700. The van der Waals surface area contributed by atoms with Crippen molar-refractivity contribution in [3.05, 3.63) is 29.8 Å². The number of piperidine rings is 2. The molecule has 0 aliphatic carbocycles. The van der Waals surface area contributed by atoms with E-state index < -0.39 is 0 Å². The lowest BCUT2D eigenvalue weighted by Gasteiger charge is -2.30. The molecule has 1 aromatic rings. The van der Waals surface area contributed by atoms with Gasteiger partial charge in [-0.3, -0.25) is 9.80 Å². The maximum atomic E-state index is 5.91. The molecule has 0 radical (unpaired) electrons. The van der Waals surface area contributed by atoms with Crippen LogP contribution in [0.2, 0.25) is 0 Å². The Balaban J connectivity index is 1.38. The van der Waals surface area contributed by atoms with Crippen LogP contribution in [0.3, 0.4) is 0 Å². The number of ether oxygens (including phenoxy) is 1. The number of likely N-dealkylation sites (tertiary alicyclic amines) is 2. The fourth-order valence-electron chi connectivity index (χ4n) is 3.65. The Morgan fingerprint density at radius 2 is 1.61 bits per heavy atom. The second-order valence-electron chi connectivity index (χ2n) is 7.35. The van der Waals surface area contributed by atoms with Crippen molar-refractivity contribution in [3.63, 3.8) is 0 Å². The van der Waals surface area contributed by atoms with Crippen LogP contribution in [0.25, 0.3) is 0 Å². The minimum absolute atomic E-state index is 0.809. The molecule has 128 valence electrons. The van der Waals surface area contributed by atoms with Gasteiger partial charge in [-0.25, -0.2) is 0 Å². The molecule has 0 amide bonds. The topological polar surface area (TPSA) is 15.7 Å². The average molecular weight is 316 g/mol. The van der Waals surface area contributed by atoms with E-state index in [0.717, 1.165) is 31.4 Å². The van der Waals surface area contributed by atoms with Gasteiger partial charge in [0.25, 0.3) is 0 Å². The van der Waals surface area contributed by atoms with Crippen molar-refractivity contribution >= 4 is 0 Å². The molecule has 2 saturated heterocycles. The third kappa shape index (κ3) is 5.50. The summed E-state index contributed by atoms with van der Waals surface area (Å²) >= 11 is 0. The molecule has 2 heterocycles. The monoisotopic (exact) mass is 316 g/mol. The van der Waals surface area contributed by atoms with Gasteiger partial charge in [-0.05, 0) is 75.5 Å². The summed E-state index contributed by atoms with van der Waals surface area (Å²) in [6.45, 7) is 10.3. The van der Waals surface area contributed by atoms with Crippen molar-refractivity contribution < 1.29 is 4.74 Å². The molecular weight excluding hydrogens is 284 g/mol. The number of benzene rings is 1. The highest BCUT2D eigenvalue weighted by atomic mass is 16.5. The van der Waals surface area contributed by atoms with Crippen LogP contribution in [0, 0.1) is 5.92 Å². The van der Waals surface area contributed by atoms with Gasteiger partial charge in [-0.2, -0.15) is 0 Å². The van der Waals surface area contributed by atoms with E-state index in [-0.39, 0.29) is 0 Å². The Morgan fingerprint density at radius 1 is 0.913 bits per heavy atom. The zero-order valence-corrected chi connectivity index (χ0v) is 14.7. The van der Waals surface area contributed by atoms with Gasteiger partial charge in [0, 0.05) is 13.1 Å². The largest absolute Gasteiger partial charge is 0.492 e. The first-order chi connectivity index (χ1) is 11.3. The Hall–Kier alpha value is -1.06. The Kier molecular flexibility index (Phi) is 6.35. The van der Waals surface area contributed by atoms with Crippen molar-refractivity contribution in [3.8, 4) is 5.75 Å². The molecule has 2 aliphatic heterocycles. The summed E-state index contributed by atoms with van der Waals surface area (Å²) in [7, 11) is 0. The summed E-state index contributed by atoms with van der Waals surface area (Å²) < 4.78 is 5.91. The summed E-state index contributed by atoms with van der Waals surface area (Å²) in [6.07, 6.45) is 6.79. The van der Waals surface area contributed by atoms with Crippen molar-refractivity contribution in [2.24, 2.45) is 5.92 Å². The Labute approximate surface area is 141 Å². The molecule has 3 heteroatoms. The molecule has 0 spiro atoms. The highest BCUT2D eigenvalue weighted by Crippen LogP contribution is 2.19. The quantitative estimate of drug-likeness (QED) is 0.794. The molecule has 1 aromatic carbocycles. The molecule has 0 N–H and O–H groups in total. The van der Waals surface area contributed by atoms with Crippen LogP contribution >= 0.6 is 0 Å². The average Bonchev–Trinajstić information content (AvgIpc) is 2.59. The van der Waals surface area contributed by atoms with Gasteiger partial charge in [0.1, 0.15) is 12.4 Å². The molecule has 2 aliphatic rings. The first kappa shape index (κ1) is 16.8. The molecule has 0 atom stereocenters. The number of hydrogen-bond donors (Lipinski definition) is 0. The van der Waals surface area contributed by atoms with Gasteiger partial charge in [0.15, 0.2) is 0 Å². The third-order valence-electron chi connectivity index (χ3n) is 5.33. The maximum Gasteiger partial charge on any atom is 0.119 e. The smallest absolute Gasteiger partial charge is 0.119 e. The number of rotatable bonds is 6. The molecule has 2 fully saturated rings. The number of nitrogens with zero attached hydrogens (tertiary/aromatic N) is 2. The Bertz CT molecular complexity index is 445. The van der Waals surface area contributed by atoms with E-state index >= 15 is 0 Å². The molecule has 0 unspecified atom stereocenters. The van der Waals surface area contributed by atoms with Crippen LogP contribution in [0.5, 0.6) is 5.75 Å². The predicted octanol–water partition coefficient (Wildman–Crippen LogP) is 3.78. The SMILES string of the molecule is CC1CCN(Cc2ccc(OCCN3CCCCC3)cc2)CC1. The minimum Gasteiger partial charge on any atom is -0.492 e. The third-order valence-corrected chi connectivity index (χ3v) is 5.33. The van der Waals surface area contributed by atoms with Crippen molar-refractivity contribution in [2.45, 2.75) is 45.6 Å². The van der Waals surface area contributed by atoms with Gasteiger partial charge in [0.2, 0.25) is 0 Å². The van der Waals surface area contributed by atoms with E-state index in [1.807, 2.05) is 0 Å². The van der Waals surface area contributed by atoms with E-state index in [1.165, 1.54) is 63.8 Å². The first-order valence-corrected chi connectivity index (χ1v) is 9.46. The molecule has 0 bridgehead atoms. The highest BCUT2D eigenvalue weighted by Gasteiger charge is 2.15. The summed E-state index contributed by atoms with van der Waals surface area (Å²) in [5, 5.41) is 0. The van der Waals surface area contributed by atoms with Gasteiger partial charge in [0.05, 0.1) is 0 Å². The molecule has 0 saturated carbocycles. The normalized spacial score (nSPS) is 21.4. The lowest BCUT2D eigenvalue weighted by Crippen LogP contribution is -2.33. The fourth-order valence-corrected chi connectivity index (χ4v) is 3.65. The zero-order chi connectivity index (χ0) is 15.9. The molecule has 0 aromatic heterocycles. The first-order valence-electron chi connectivity index (χ1n) is 9.46. The summed E-state index contributed by atoms with van der Waals surface area (Å²) in [5.74, 6) is 1.92. The molecule has 3 rings (SSSR count). The summed E-state index contributed by atoms with van der Waals surface area (Å²) in [4.78, 5) is 5.10. The van der Waals surface area contributed by atoms with Crippen LogP contribution in [0.1, 0.15) is 44.6 Å². The van der Waals surface area contributed by atoms with Gasteiger partial charge >= 0.3 is 0 Å². The Morgan fingerprint density at radius 3 is 2.30 bits per heavy atom. The van der Waals surface area contributed by atoms with Crippen molar-refractivity contribution in [1.82, 2.24) is 9.80 Å². The van der Waals surface area contributed by atoms with Crippen molar-refractivity contribution in [1.29, 1.82) is 0 Å². The maximum absolute atomic E-state index is 5.91. The molecule has 23 heavy (non-hydrogen) atoms. The van der Waals surface area contributed by atoms with E-state index in [2.05, 4.69) is 41.0 Å². The van der Waals surface area contributed by atoms with Gasteiger partial charge in [-0.1, -0.05) is 25.5 Å². The second kappa shape index (κ2) is 8.70. The van der Waals surface area contributed by atoms with Crippen LogP contribution in [0.15, 0.2) is 24.3 Å². The summed E-state index contributed by atoms with van der Waals surface area (Å²) in [5.41, 5.74) is 1.41. The standard InChI is InChI=1S/C20H32N2O/c1-18-9-13-22(14-10-18)17-19-5-7-20(8-6-19)23-16-15-21-11-3-2-4-12-21/h5-8,18H,2-4,9-17H2,1H3. The van der Waals surface area contributed by atoms with Gasteiger partial charge < -0.3 is 4.74 Å². The van der Waals surface area contributed by atoms with Gasteiger partial charge in [-0.15, -0.1) is 0 Å². The highest BCUT2D eigenvalue weighted by molar-refractivity contribution is 5.27. The molecule has 3 nitrogen and oxygen atoms in total. The van der Waals surface area contributed by atoms with E-state index in [1.54, 1.807) is 0 Å². The minimum atomic E-state index is 0.809. The van der Waals surface area contributed by atoms with E-state index in [9.17, 15) is 0 Å². The second-order valence-corrected chi connectivity index (χ2v) is 7.35. The van der Waals surface area contributed by atoms with E-state index in [0.29, 0.717) is 0 Å². The van der Waals surface area contributed by atoms with Crippen LogP contribution in [-0.4, -0.2) is 49.1 Å². The van der Waals surface area contributed by atoms with Crippen LogP contribution in [-0.2, 0) is 6.54 Å². The number of hydrogen-bond acceptors (Lipinski definition) is 3. The lowest BCUT2D eigenvalue weighted by molar-refractivity contribution is 0.182. The molecular formula is C20H32N2O. The van der Waals surface area contributed by atoms with Crippen LogP contribution < -0.4 is 4.74 Å². The summed E-state index contributed by atoms with van der Waals surface area (Å²) in [6, 6.07) is 8.73. The van der Waals surface area contributed by atoms with E-state index in [4.69, 9.17) is 4.74 Å². The zero-order valence-electron chi connectivity index (χ0n) is 14.7. The van der Waals surface area contributed by atoms with Crippen molar-refractivity contribution in [2.75, 3.05) is 39.3 Å².